The lowest BCUT2D eigenvalue weighted by molar-refractivity contribution is -0.142. The van der Waals surface area contributed by atoms with Crippen LogP contribution in [0.25, 0.3) is 11.3 Å². The fourth-order valence-corrected chi connectivity index (χ4v) is 4.38. The Morgan fingerprint density at radius 2 is 1.77 bits per heavy atom. The second-order valence-electron chi connectivity index (χ2n) is 10.6. The molecular weight excluding hydrogens is 515 g/mol. The third-order valence-electron chi connectivity index (χ3n) is 6.35. The van der Waals surface area contributed by atoms with Gasteiger partial charge >= 0.3 is 13.1 Å². The highest BCUT2D eigenvalue weighted by atomic mass is 16.6. The predicted octanol–water partition coefficient (Wildman–Crippen LogP) is 1.45. The quantitative estimate of drug-likeness (QED) is 0.394. The van der Waals surface area contributed by atoms with Crippen molar-refractivity contribution in [2.24, 2.45) is 11.8 Å². The zero-order valence-corrected chi connectivity index (χ0v) is 23.5. The van der Waals surface area contributed by atoms with Crippen molar-refractivity contribution in [1.82, 2.24) is 20.5 Å². The molecular formula is C28H37BN4O7. The van der Waals surface area contributed by atoms with Gasteiger partial charge in [0, 0.05) is 12.1 Å². The summed E-state index contributed by atoms with van der Waals surface area (Å²) in [6.45, 7) is 7.09. The Hall–Kier alpha value is -3.77. The van der Waals surface area contributed by atoms with Crippen molar-refractivity contribution in [3.63, 3.8) is 0 Å². The van der Waals surface area contributed by atoms with Crippen molar-refractivity contribution in [2.45, 2.75) is 52.2 Å². The van der Waals surface area contributed by atoms with Gasteiger partial charge in [0.05, 0.1) is 30.2 Å². The highest BCUT2D eigenvalue weighted by Gasteiger charge is 2.42. The van der Waals surface area contributed by atoms with Gasteiger partial charge in [-0.15, -0.1) is 0 Å². The molecule has 2 heterocycles. The largest absolute Gasteiger partial charge is 0.622 e. The Morgan fingerprint density at radius 1 is 1.07 bits per heavy atom. The summed E-state index contributed by atoms with van der Waals surface area (Å²) < 4.78 is 11.0. The van der Waals surface area contributed by atoms with E-state index < -0.39 is 54.9 Å². The number of hydrogen-bond donors (Lipinski definition) is 3. The number of hydrogen-bond acceptors (Lipinski definition) is 9. The standard InChI is InChI=1S/C28H37BN4O7/c1-17(2)14-23(29-39-24(35)16-33(5)15-18(3)28(38)40-29)31-27(37)25(19(4)34)32-26(36)22-13-9-12-21(30-22)20-10-7-6-8-11-20/h6-13,17-19,23,25,34H,14-16H2,1-5H3,(H,31,37)(H,32,36)/t18?,19-,23+,25+/m1/s1. The van der Waals surface area contributed by atoms with Crippen LogP contribution in [0, 0.1) is 11.8 Å². The number of nitrogens with one attached hydrogen (secondary N) is 2. The number of pyridine rings is 1. The summed E-state index contributed by atoms with van der Waals surface area (Å²) in [5, 5.41) is 15.7. The van der Waals surface area contributed by atoms with Crippen molar-refractivity contribution in [3.05, 3.63) is 54.2 Å². The van der Waals surface area contributed by atoms with Crippen LogP contribution in [0.15, 0.2) is 48.5 Å². The molecule has 214 valence electrons. The van der Waals surface area contributed by atoms with E-state index in [9.17, 15) is 24.3 Å². The minimum atomic E-state index is -1.38. The first-order valence-electron chi connectivity index (χ1n) is 13.3. The van der Waals surface area contributed by atoms with Gasteiger partial charge in [-0.1, -0.05) is 57.2 Å². The number of nitrogens with zero attached hydrogens (tertiary/aromatic N) is 2. The third-order valence-corrected chi connectivity index (χ3v) is 6.35. The molecule has 1 aliphatic heterocycles. The van der Waals surface area contributed by atoms with Gasteiger partial charge in [0.1, 0.15) is 11.7 Å². The molecule has 3 rings (SSSR count). The maximum atomic E-state index is 13.4. The van der Waals surface area contributed by atoms with E-state index in [4.69, 9.17) is 9.31 Å². The van der Waals surface area contributed by atoms with Crippen molar-refractivity contribution >= 4 is 30.9 Å². The fourth-order valence-electron chi connectivity index (χ4n) is 4.38. The Kier molecular flexibility index (Phi) is 10.8. The molecule has 0 aliphatic carbocycles. The predicted molar refractivity (Wildman–Crippen MR) is 149 cm³/mol. The number of carbonyl (C=O) groups excluding carboxylic acids is 4. The summed E-state index contributed by atoms with van der Waals surface area (Å²) in [4.78, 5) is 57.7. The van der Waals surface area contributed by atoms with Crippen LogP contribution in [0.2, 0.25) is 0 Å². The molecule has 0 saturated carbocycles. The van der Waals surface area contributed by atoms with Gasteiger partial charge in [-0.3, -0.25) is 24.1 Å². The Bertz CT molecular complexity index is 1190. The molecule has 11 nitrogen and oxygen atoms in total. The van der Waals surface area contributed by atoms with Crippen LogP contribution >= 0.6 is 0 Å². The third kappa shape index (κ3) is 8.62. The van der Waals surface area contributed by atoms with Crippen LogP contribution in [0.1, 0.15) is 44.6 Å². The van der Waals surface area contributed by atoms with Gasteiger partial charge in [-0.05, 0) is 38.4 Å². The maximum absolute atomic E-state index is 13.4. The monoisotopic (exact) mass is 552 g/mol. The molecule has 3 N–H and O–H groups in total. The highest BCUT2D eigenvalue weighted by Crippen LogP contribution is 2.17. The van der Waals surface area contributed by atoms with E-state index in [2.05, 4.69) is 15.6 Å². The van der Waals surface area contributed by atoms with Gasteiger partial charge < -0.3 is 25.0 Å². The van der Waals surface area contributed by atoms with Gasteiger partial charge in [-0.25, -0.2) is 4.98 Å². The van der Waals surface area contributed by atoms with E-state index in [0.717, 1.165) is 5.56 Å². The first-order valence-corrected chi connectivity index (χ1v) is 13.3. The van der Waals surface area contributed by atoms with Crippen molar-refractivity contribution < 1.29 is 33.6 Å². The number of aliphatic hydroxyl groups excluding tert-OH is 1. The molecule has 1 unspecified atom stereocenters. The zero-order chi connectivity index (χ0) is 29.4. The van der Waals surface area contributed by atoms with Crippen molar-refractivity contribution in [2.75, 3.05) is 20.1 Å². The molecule has 1 saturated heterocycles. The second-order valence-corrected chi connectivity index (χ2v) is 10.6. The second kappa shape index (κ2) is 14.0. The van der Waals surface area contributed by atoms with Crippen LogP contribution < -0.4 is 10.6 Å². The summed E-state index contributed by atoms with van der Waals surface area (Å²) in [5.41, 5.74) is 1.46. The molecule has 40 heavy (non-hydrogen) atoms. The fraction of sp³-hybridized carbons (Fsp3) is 0.464. The Morgan fingerprint density at radius 3 is 2.42 bits per heavy atom. The van der Waals surface area contributed by atoms with E-state index in [-0.39, 0.29) is 18.2 Å². The summed E-state index contributed by atoms with van der Waals surface area (Å²) in [6, 6.07) is 12.9. The number of carbonyl (C=O) groups is 4. The molecule has 1 aromatic carbocycles. The molecule has 0 radical (unpaired) electrons. The molecule has 4 atom stereocenters. The lowest BCUT2D eigenvalue weighted by Gasteiger charge is -2.28. The van der Waals surface area contributed by atoms with E-state index in [1.165, 1.54) is 13.0 Å². The first kappa shape index (κ1) is 30.8. The first-order chi connectivity index (χ1) is 18.9. The number of amides is 2. The van der Waals surface area contributed by atoms with E-state index >= 15 is 0 Å². The molecule has 12 heteroatoms. The van der Waals surface area contributed by atoms with Gasteiger partial charge in [0.15, 0.2) is 0 Å². The molecule has 1 fully saturated rings. The van der Waals surface area contributed by atoms with Crippen LogP contribution in [-0.4, -0.2) is 84.1 Å². The average Bonchev–Trinajstić information content (AvgIpc) is 2.94. The van der Waals surface area contributed by atoms with Crippen LogP contribution in [-0.2, 0) is 23.7 Å². The number of aromatic nitrogens is 1. The smallest absolute Gasteiger partial charge is 0.498 e. The van der Waals surface area contributed by atoms with Crippen molar-refractivity contribution in [1.29, 1.82) is 0 Å². The summed E-state index contributed by atoms with van der Waals surface area (Å²) in [5.74, 6) is -4.00. The number of likely N-dealkylation sites (N-methyl/N-ethyl adjacent to an activating group) is 1. The minimum absolute atomic E-state index is 0.0138. The summed E-state index contributed by atoms with van der Waals surface area (Å²) in [7, 11) is 0.314. The molecule has 2 aromatic rings. The van der Waals surface area contributed by atoms with Crippen LogP contribution in [0.4, 0.5) is 0 Å². The lowest BCUT2D eigenvalue weighted by atomic mass is 9.73. The number of benzene rings is 1. The van der Waals surface area contributed by atoms with E-state index in [0.29, 0.717) is 18.7 Å². The van der Waals surface area contributed by atoms with Gasteiger partial charge in [0.2, 0.25) is 5.91 Å². The molecule has 0 spiro atoms. The number of aliphatic hydroxyl groups is 1. The average molecular weight is 552 g/mol. The Labute approximate surface area is 234 Å². The molecule has 2 amide bonds. The maximum Gasteiger partial charge on any atom is 0.622 e. The molecule has 1 aliphatic rings. The topological polar surface area (TPSA) is 147 Å². The molecule has 1 aromatic heterocycles. The highest BCUT2D eigenvalue weighted by molar-refractivity contribution is 6.51. The summed E-state index contributed by atoms with van der Waals surface area (Å²) >= 11 is 0. The van der Waals surface area contributed by atoms with Gasteiger partial charge in [0.25, 0.3) is 11.9 Å². The lowest BCUT2D eigenvalue weighted by Crippen LogP contribution is -2.59. The Balaban J connectivity index is 1.79. The van der Waals surface area contributed by atoms with Crippen molar-refractivity contribution in [3.8, 4) is 11.3 Å². The van der Waals surface area contributed by atoms with E-state index in [1.54, 1.807) is 31.0 Å². The number of rotatable bonds is 9. The van der Waals surface area contributed by atoms with Gasteiger partial charge in [-0.2, -0.15) is 0 Å². The van der Waals surface area contributed by atoms with Crippen LogP contribution in [0.3, 0.4) is 0 Å². The summed E-state index contributed by atoms with van der Waals surface area (Å²) in [6.07, 6.45) is -0.984. The van der Waals surface area contributed by atoms with Crippen LogP contribution in [0.5, 0.6) is 0 Å². The minimum Gasteiger partial charge on any atom is -0.498 e. The molecule has 0 bridgehead atoms. The normalized spacial score (nSPS) is 18.9. The van der Waals surface area contributed by atoms with E-state index in [1.807, 2.05) is 44.2 Å². The SMILES string of the molecule is CC(C)C[C@H](NC(=O)[C@@H](NC(=O)c1cccc(-c2ccccc2)n1)[C@@H](C)O)B1OC(=O)CN(C)CC(C)C(=O)O1. The zero-order valence-electron chi connectivity index (χ0n) is 23.5.